The quantitative estimate of drug-likeness (QED) is 0.504. The Morgan fingerprint density at radius 1 is 1.31 bits per heavy atom. The Morgan fingerprint density at radius 3 is 2.83 bits per heavy atom. The van der Waals surface area contributed by atoms with Crippen LogP contribution < -0.4 is 5.32 Å². The molecule has 1 saturated heterocycles. The van der Waals surface area contributed by atoms with Crippen molar-refractivity contribution in [3.8, 4) is 11.4 Å². The second-order valence-electron chi connectivity index (χ2n) is 6.79. The molecule has 0 aliphatic carbocycles. The van der Waals surface area contributed by atoms with Crippen LogP contribution in [0.2, 0.25) is 0 Å². The molecule has 4 rings (SSSR count). The standard InChI is InChI=1S/C20H21BrN4O3S/c1-13-17(8-10-27-13)19-23-24-20(25(19)11-16-3-2-9-28-16)29-12-18(26)22-15-6-4-14(21)5-7-15/h4-8,10,16H,2-3,9,11-12H2,1H3,(H,22,26). The highest BCUT2D eigenvalue weighted by Gasteiger charge is 2.23. The van der Waals surface area contributed by atoms with Crippen LogP contribution in [-0.4, -0.2) is 39.1 Å². The zero-order chi connectivity index (χ0) is 20.2. The lowest BCUT2D eigenvalue weighted by Gasteiger charge is -2.14. The van der Waals surface area contributed by atoms with E-state index in [1.807, 2.05) is 41.8 Å². The van der Waals surface area contributed by atoms with Gasteiger partial charge in [0.15, 0.2) is 11.0 Å². The molecule has 3 aromatic rings. The first-order valence-corrected chi connectivity index (χ1v) is 11.2. The zero-order valence-corrected chi connectivity index (χ0v) is 18.3. The van der Waals surface area contributed by atoms with E-state index in [0.717, 1.165) is 46.8 Å². The number of rotatable bonds is 7. The number of carbonyl (C=O) groups is 1. The number of anilines is 1. The van der Waals surface area contributed by atoms with Crippen LogP contribution in [0.25, 0.3) is 11.4 Å². The maximum atomic E-state index is 12.4. The van der Waals surface area contributed by atoms with Gasteiger partial charge in [-0.1, -0.05) is 27.7 Å². The Labute approximate surface area is 181 Å². The summed E-state index contributed by atoms with van der Waals surface area (Å²) in [6, 6.07) is 9.37. The third-order valence-corrected chi connectivity index (χ3v) is 6.18. The lowest BCUT2D eigenvalue weighted by Crippen LogP contribution is -2.18. The van der Waals surface area contributed by atoms with Crippen LogP contribution in [0, 0.1) is 6.92 Å². The summed E-state index contributed by atoms with van der Waals surface area (Å²) >= 11 is 4.76. The van der Waals surface area contributed by atoms with Crippen molar-refractivity contribution < 1.29 is 13.9 Å². The summed E-state index contributed by atoms with van der Waals surface area (Å²) in [5.41, 5.74) is 1.66. The van der Waals surface area contributed by atoms with Crippen LogP contribution in [0.4, 0.5) is 5.69 Å². The second kappa shape index (κ2) is 9.15. The van der Waals surface area contributed by atoms with Crippen molar-refractivity contribution >= 4 is 39.3 Å². The van der Waals surface area contributed by atoms with Gasteiger partial charge in [-0.25, -0.2) is 0 Å². The molecule has 9 heteroatoms. The maximum Gasteiger partial charge on any atom is 0.234 e. The van der Waals surface area contributed by atoms with Gasteiger partial charge in [-0.15, -0.1) is 10.2 Å². The van der Waals surface area contributed by atoms with E-state index in [2.05, 4.69) is 31.4 Å². The van der Waals surface area contributed by atoms with Crippen molar-refractivity contribution in [1.82, 2.24) is 14.8 Å². The number of halogens is 1. The first kappa shape index (κ1) is 20.2. The Bertz CT molecular complexity index is 980. The Kier molecular flexibility index (Phi) is 6.37. The van der Waals surface area contributed by atoms with Crippen LogP contribution >= 0.6 is 27.7 Å². The zero-order valence-electron chi connectivity index (χ0n) is 15.9. The number of aryl methyl sites for hydroxylation is 1. The fourth-order valence-corrected chi connectivity index (χ4v) is 4.24. The van der Waals surface area contributed by atoms with E-state index < -0.39 is 0 Å². The monoisotopic (exact) mass is 476 g/mol. The Hall–Kier alpha value is -2.10. The summed E-state index contributed by atoms with van der Waals surface area (Å²) in [5, 5.41) is 12.3. The van der Waals surface area contributed by atoms with Gasteiger partial charge in [0.05, 0.1) is 30.2 Å². The molecule has 1 unspecified atom stereocenters. The summed E-state index contributed by atoms with van der Waals surface area (Å²) in [4.78, 5) is 12.4. The molecule has 0 bridgehead atoms. The Morgan fingerprint density at radius 2 is 2.14 bits per heavy atom. The van der Waals surface area contributed by atoms with Crippen molar-refractivity contribution in [3.05, 3.63) is 46.8 Å². The molecule has 0 radical (unpaired) electrons. The molecule has 1 N–H and O–H groups in total. The number of ether oxygens (including phenoxy) is 1. The lowest BCUT2D eigenvalue weighted by atomic mass is 10.2. The van der Waals surface area contributed by atoms with Crippen LogP contribution in [0.15, 0.2) is 50.6 Å². The number of thioether (sulfide) groups is 1. The lowest BCUT2D eigenvalue weighted by molar-refractivity contribution is -0.113. The van der Waals surface area contributed by atoms with Gasteiger partial charge in [0.1, 0.15) is 5.76 Å². The van der Waals surface area contributed by atoms with Gasteiger partial charge in [0, 0.05) is 16.8 Å². The second-order valence-corrected chi connectivity index (χ2v) is 8.64. The minimum absolute atomic E-state index is 0.0926. The van der Waals surface area contributed by atoms with Gasteiger partial charge >= 0.3 is 0 Å². The number of nitrogens with one attached hydrogen (secondary N) is 1. The molecular formula is C20H21BrN4O3S. The molecule has 0 spiro atoms. The molecule has 1 amide bonds. The molecule has 0 saturated carbocycles. The van der Waals surface area contributed by atoms with Gasteiger partial charge < -0.3 is 14.5 Å². The topological polar surface area (TPSA) is 82.2 Å². The SMILES string of the molecule is Cc1occc1-c1nnc(SCC(=O)Nc2ccc(Br)cc2)n1CC1CCCO1. The summed E-state index contributed by atoms with van der Waals surface area (Å²) in [7, 11) is 0. The van der Waals surface area contributed by atoms with Crippen LogP contribution in [0.1, 0.15) is 18.6 Å². The van der Waals surface area contributed by atoms with Crippen LogP contribution in [0.3, 0.4) is 0 Å². The molecule has 3 heterocycles. The number of furan rings is 1. The normalized spacial score (nSPS) is 16.3. The predicted molar refractivity (Wildman–Crippen MR) is 115 cm³/mol. The van der Waals surface area contributed by atoms with Crippen molar-refractivity contribution in [1.29, 1.82) is 0 Å². The van der Waals surface area contributed by atoms with E-state index in [0.29, 0.717) is 11.7 Å². The van der Waals surface area contributed by atoms with E-state index in [-0.39, 0.29) is 17.8 Å². The fraction of sp³-hybridized carbons (Fsp3) is 0.350. The molecule has 1 aromatic carbocycles. The van der Waals surface area contributed by atoms with Crippen LogP contribution in [0.5, 0.6) is 0 Å². The molecule has 29 heavy (non-hydrogen) atoms. The highest BCUT2D eigenvalue weighted by Crippen LogP contribution is 2.29. The first-order chi connectivity index (χ1) is 14.1. The number of hydrogen-bond donors (Lipinski definition) is 1. The van der Waals surface area contributed by atoms with Crippen molar-refractivity contribution in [2.24, 2.45) is 0 Å². The highest BCUT2D eigenvalue weighted by molar-refractivity contribution is 9.10. The average Bonchev–Trinajstić information content (AvgIpc) is 3.44. The molecular weight excluding hydrogens is 456 g/mol. The maximum absolute atomic E-state index is 12.4. The third-order valence-electron chi connectivity index (χ3n) is 4.69. The molecule has 152 valence electrons. The highest BCUT2D eigenvalue weighted by atomic mass is 79.9. The van der Waals surface area contributed by atoms with Crippen molar-refractivity contribution in [2.75, 3.05) is 17.7 Å². The number of nitrogens with zero attached hydrogens (tertiary/aromatic N) is 3. The van der Waals surface area contributed by atoms with Gasteiger partial charge in [0.2, 0.25) is 5.91 Å². The predicted octanol–water partition coefficient (Wildman–Crippen LogP) is 4.52. The van der Waals surface area contributed by atoms with Gasteiger partial charge in [-0.3, -0.25) is 9.36 Å². The molecule has 1 fully saturated rings. The number of aromatic nitrogens is 3. The molecule has 1 aliphatic rings. The summed E-state index contributed by atoms with van der Waals surface area (Å²) < 4.78 is 14.2. The minimum Gasteiger partial charge on any atom is -0.469 e. The number of benzene rings is 1. The summed E-state index contributed by atoms with van der Waals surface area (Å²) in [6.45, 7) is 3.34. The van der Waals surface area contributed by atoms with E-state index >= 15 is 0 Å². The van der Waals surface area contributed by atoms with Gasteiger partial charge in [0.25, 0.3) is 0 Å². The smallest absolute Gasteiger partial charge is 0.234 e. The van der Waals surface area contributed by atoms with Crippen molar-refractivity contribution in [3.63, 3.8) is 0 Å². The molecule has 1 atom stereocenters. The minimum atomic E-state index is -0.0926. The van der Waals surface area contributed by atoms with E-state index in [9.17, 15) is 4.79 Å². The third kappa shape index (κ3) is 4.91. The largest absolute Gasteiger partial charge is 0.469 e. The Balaban J connectivity index is 1.48. The fourth-order valence-electron chi connectivity index (χ4n) is 3.23. The molecule has 2 aromatic heterocycles. The summed E-state index contributed by atoms with van der Waals surface area (Å²) in [6.07, 6.45) is 3.85. The number of hydrogen-bond acceptors (Lipinski definition) is 6. The first-order valence-electron chi connectivity index (χ1n) is 9.37. The average molecular weight is 477 g/mol. The van der Waals surface area contributed by atoms with E-state index in [1.54, 1.807) is 6.26 Å². The van der Waals surface area contributed by atoms with Crippen LogP contribution in [-0.2, 0) is 16.1 Å². The number of carbonyl (C=O) groups excluding carboxylic acids is 1. The number of amides is 1. The van der Waals surface area contributed by atoms with E-state index in [4.69, 9.17) is 9.15 Å². The van der Waals surface area contributed by atoms with E-state index in [1.165, 1.54) is 11.8 Å². The van der Waals surface area contributed by atoms with Gasteiger partial charge in [-0.05, 0) is 50.1 Å². The molecule has 1 aliphatic heterocycles. The summed E-state index contributed by atoms with van der Waals surface area (Å²) in [5.74, 6) is 1.67. The van der Waals surface area contributed by atoms with Gasteiger partial charge in [-0.2, -0.15) is 0 Å². The molecule has 7 nitrogen and oxygen atoms in total. The van der Waals surface area contributed by atoms with Crippen molar-refractivity contribution in [2.45, 2.75) is 37.6 Å².